The van der Waals surface area contributed by atoms with E-state index >= 15 is 0 Å². The molecule has 0 aliphatic heterocycles. The highest BCUT2D eigenvalue weighted by Crippen LogP contribution is 2.22. The molecule has 0 saturated carbocycles. The van der Waals surface area contributed by atoms with Gasteiger partial charge >= 0.3 is 6.09 Å². The second-order valence-corrected chi connectivity index (χ2v) is 8.91. The maximum Gasteiger partial charge on any atom is 0.411 e. The first kappa shape index (κ1) is 20.1. The van der Waals surface area contributed by atoms with Crippen molar-refractivity contribution in [1.29, 1.82) is 0 Å². The van der Waals surface area contributed by atoms with Crippen LogP contribution in [-0.2, 0) is 27.7 Å². The van der Waals surface area contributed by atoms with E-state index in [9.17, 15) is 13.2 Å². The molecule has 0 atom stereocenters. The summed E-state index contributed by atoms with van der Waals surface area (Å²) in [5, 5.41) is 4.47. The number of carbonyl (C=O) groups is 1. The third kappa shape index (κ3) is 5.00. The molecule has 0 spiro atoms. The molecular formula is C19H20N2O5S2. The summed E-state index contributed by atoms with van der Waals surface area (Å²) >= 11 is 1.60. The van der Waals surface area contributed by atoms with E-state index in [0.29, 0.717) is 18.7 Å². The van der Waals surface area contributed by atoms with Crippen LogP contribution < -0.4 is 5.32 Å². The van der Waals surface area contributed by atoms with E-state index in [-0.39, 0.29) is 11.4 Å². The Balaban J connectivity index is 1.80. The third-order valence-electron chi connectivity index (χ3n) is 4.05. The molecule has 0 saturated heterocycles. The van der Waals surface area contributed by atoms with E-state index < -0.39 is 16.1 Å². The van der Waals surface area contributed by atoms with Crippen LogP contribution in [0.5, 0.6) is 0 Å². The molecule has 1 N–H and O–H groups in total. The largest absolute Gasteiger partial charge is 0.472 e. The molecule has 0 aliphatic carbocycles. The average molecular weight is 421 g/mol. The number of nitrogens with zero attached hydrogens (tertiary/aromatic N) is 1. The van der Waals surface area contributed by atoms with Gasteiger partial charge in [0.25, 0.3) is 0 Å². The summed E-state index contributed by atoms with van der Waals surface area (Å²) in [6.07, 6.45) is 3.06. The molecule has 1 aromatic carbocycles. The molecule has 0 fully saturated rings. The van der Waals surface area contributed by atoms with Crippen LogP contribution in [0.4, 0.5) is 10.5 Å². The fraction of sp³-hybridized carbons (Fsp3) is 0.211. The van der Waals surface area contributed by atoms with Gasteiger partial charge in [-0.25, -0.2) is 13.2 Å². The van der Waals surface area contributed by atoms with Crippen LogP contribution in [0, 0.1) is 0 Å². The number of hydrogen-bond donors (Lipinski definition) is 1. The van der Waals surface area contributed by atoms with E-state index in [1.807, 2.05) is 17.5 Å². The molecule has 3 aromatic rings. The topological polar surface area (TPSA) is 88.8 Å². The summed E-state index contributed by atoms with van der Waals surface area (Å²) in [5.74, 6) is 0. The zero-order valence-electron chi connectivity index (χ0n) is 15.2. The van der Waals surface area contributed by atoms with Gasteiger partial charge in [-0.15, -0.1) is 11.3 Å². The molecule has 28 heavy (non-hydrogen) atoms. The fourth-order valence-electron chi connectivity index (χ4n) is 2.59. The van der Waals surface area contributed by atoms with Crippen molar-refractivity contribution in [3.63, 3.8) is 0 Å². The lowest BCUT2D eigenvalue weighted by molar-refractivity contribution is 0.187. The summed E-state index contributed by atoms with van der Waals surface area (Å²) < 4.78 is 37.4. The Morgan fingerprint density at radius 2 is 2.00 bits per heavy atom. The average Bonchev–Trinajstić information content (AvgIpc) is 3.39. The van der Waals surface area contributed by atoms with Gasteiger partial charge in [-0.2, -0.15) is 4.31 Å². The van der Waals surface area contributed by atoms with Gasteiger partial charge in [0, 0.05) is 29.2 Å². The SMILES string of the molecule is COC(=O)Nc1ccc(S(=O)(=O)N(CCc2cccs2)Cc2ccoc2)cc1. The predicted octanol–water partition coefficient (Wildman–Crippen LogP) is 3.95. The fourth-order valence-corrected chi connectivity index (χ4v) is 4.72. The lowest BCUT2D eigenvalue weighted by Crippen LogP contribution is -2.32. The number of nitrogens with one attached hydrogen (secondary N) is 1. The van der Waals surface area contributed by atoms with Gasteiger partial charge in [-0.3, -0.25) is 5.32 Å². The molecule has 2 aromatic heterocycles. The van der Waals surface area contributed by atoms with Gasteiger partial charge in [0.2, 0.25) is 10.0 Å². The standard InChI is InChI=1S/C19H20N2O5S2/c1-25-19(22)20-16-4-6-18(7-5-16)28(23,24)21(13-15-9-11-26-14-15)10-8-17-3-2-12-27-17/h2-7,9,11-12,14H,8,10,13H2,1H3,(H,20,22). The van der Waals surface area contributed by atoms with E-state index in [2.05, 4.69) is 10.1 Å². The number of amides is 1. The van der Waals surface area contributed by atoms with Gasteiger partial charge in [0.15, 0.2) is 0 Å². The molecule has 2 heterocycles. The summed E-state index contributed by atoms with van der Waals surface area (Å²) in [6.45, 7) is 0.558. The lowest BCUT2D eigenvalue weighted by Gasteiger charge is -2.21. The highest BCUT2D eigenvalue weighted by atomic mass is 32.2. The maximum atomic E-state index is 13.2. The molecule has 9 heteroatoms. The van der Waals surface area contributed by atoms with Gasteiger partial charge in [0.1, 0.15) is 0 Å². The lowest BCUT2D eigenvalue weighted by atomic mass is 10.3. The Kier molecular flexibility index (Phi) is 6.50. The van der Waals surface area contributed by atoms with Gasteiger partial charge in [0.05, 0.1) is 24.5 Å². The van der Waals surface area contributed by atoms with Crippen molar-refractivity contribution < 1.29 is 22.4 Å². The Morgan fingerprint density at radius 1 is 1.21 bits per heavy atom. The Morgan fingerprint density at radius 3 is 2.61 bits per heavy atom. The smallest absolute Gasteiger partial charge is 0.411 e. The van der Waals surface area contributed by atoms with Crippen molar-refractivity contribution in [2.75, 3.05) is 19.0 Å². The second kappa shape index (κ2) is 9.05. The minimum absolute atomic E-state index is 0.151. The number of ether oxygens (including phenoxy) is 1. The Bertz CT molecular complexity index is 982. The van der Waals surface area contributed by atoms with Crippen molar-refractivity contribution in [1.82, 2.24) is 4.31 Å². The van der Waals surface area contributed by atoms with Crippen LogP contribution in [-0.4, -0.2) is 32.5 Å². The summed E-state index contributed by atoms with van der Waals surface area (Å²) in [5.41, 5.74) is 1.23. The molecule has 0 aliphatic rings. The summed E-state index contributed by atoms with van der Waals surface area (Å²) in [4.78, 5) is 12.5. The van der Waals surface area contributed by atoms with Crippen molar-refractivity contribution in [3.05, 3.63) is 70.8 Å². The number of methoxy groups -OCH3 is 1. The Labute approximate surface area is 167 Å². The normalized spacial score (nSPS) is 11.5. The number of hydrogen-bond acceptors (Lipinski definition) is 6. The van der Waals surface area contributed by atoms with Crippen molar-refractivity contribution in [2.24, 2.45) is 0 Å². The first-order valence-corrected chi connectivity index (χ1v) is 10.8. The van der Waals surface area contributed by atoms with Crippen LogP contribution in [0.1, 0.15) is 10.4 Å². The van der Waals surface area contributed by atoms with E-state index in [4.69, 9.17) is 4.42 Å². The number of furan rings is 1. The van der Waals surface area contributed by atoms with Crippen LogP contribution in [0.2, 0.25) is 0 Å². The molecule has 7 nitrogen and oxygen atoms in total. The minimum atomic E-state index is -3.73. The van der Waals surface area contributed by atoms with Crippen molar-refractivity contribution in [3.8, 4) is 0 Å². The summed E-state index contributed by atoms with van der Waals surface area (Å²) in [6, 6.07) is 11.7. The number of thiophene rings is 1. The van der Waals surface area contributed by atoms with Crippen molar-refractivity contribution >= 4 is 33.1 Å². The Hall–Kier alpha value is -2.62. The van der Waals surface area contributed by atoms with Gasteiger partial charge < -0.3 is 9.15 Å². The summed E-state index contributed by atoms with van der Waals surface area (Å²) in [7, 11) is -2.47. The molecule has 3 rings (SSSR count). The minimum Gasteiger partial charge on any atom is -0.472 e. The van der Waals surface area contributed by atoms with Gasteiger partial charge in [-0.05, 0) is 48.2 Å². The molecule has 1 amide bonds. The first-order valence-electron chi connectivity index (χ1n) is 8.47. The highest BCUT2D eigenvalue weighted by Gasteiger charge is 2.25. The van der Waals surface area contributed by atoms with Crippen LogP contribution >= 0.6 is 11.3 Å². The number of rotatable bonds is 8. The number of carbonyl (C=O) groups excluding carboxylic acids is 1. The van der Waals surface area contributed by atoms with Crippen LogP contribution in [0.3, 0.4) is 0 Å². The van der Waals surface area contributed by atoms with E-state index in [1.165, 1.54) is 48.2 Å². The quantitative estimate of drug-likeness (QED) is 0.596. The molecule has 148 valence electrons. The van der Waals surface area contributed by atoms with Gasteiger partial charge in [-0.1, -0.05) is 6.07 Å². The monoisotopic (exact) mass is 420 g/mol. The zero-order chi connectivity index (χ0) is 20.0. The zero-order valence-corrected chi connectivity index (χ0v) is 16.8. The third-order valence-corrected chi connectivity index (χ3v) is 6.85. The molecule has 0 radical (unpaired) electrons. The van der Waals surface area contributed by atoms with Crippen molar-refractivity contribution in [2.45, 2.75) is 17.9 Å². The van der Waals surface area contributed by atoms with Crippen LogP contribution in [0.15, 0.2) is 69.7 Å². The maximum absolute atomic E-state index is 13.2. The van der Waals surface area contributed by atoms with E-state index in [1.54, 1.807) is 17.4 Å². The first-order chi connectivity index (χ1) is 13.5. The second-order valence-electron chi connectivity index (χ2n) is 5.94. The predicted molar refractivity (Wildman–Crippen MR) is 107 cm³/mol. The van der Waals surface area contributed by atoms with Crippen LogP contribution in [0.25, 0.3) is 0 Å². The van der Waals surface area contributed by atoms with E-state index in [0.717, 1.165) is 10.4 Å². The highest BCUT2D eigenvalue weighted by molar-refractivity contribution is 7.89. The molecule has 0 unspecified atom stereocenters. The molecule has 0 bridgehead atoms. The molecular weight excluding hydrogens is 400 g/mol. The number of benzene rings is 1. The number of sulfonamides is 1. The number of anilines is 1.